The Hall–Kier alpha value is -2.75. The Balaban J connectivity index is 1.33. The number of nitrogens with one attached hydrogen (secondary N) is 1. The maximum Gasteiger partial charge on any atom is 0.234 e. The first kappa shape index (κ1) is 14.8. The van der Waals surface area contributed by atoms with Crippen LogP contribution in [0.1, 0.15) is 18.9 Å². The lowest BCUT2D eigenvalue weighted by atomic mass is 10.4. The summed E-state index contributed by atoms with van der Waals surface area (Å²) < 4.78 is 3.44. The summed E-state index contributed by atoms with van der Waals surface area (Å²) in [6.07, 6.45) is 7.29. The monoisotopic (exact) mass is 342 g/mol. The van der Waals surface area contributed by atoms with E-state index in [9.17, 15) is 4.79 Å². The summed E-state index contributed by atoms with van der Waals surface area (Å²) in [5.41, 5.74) is 0.637. The van der Waals surface area contributed by atoms with E-state index in [-0.39, 0.29) is 11.7 Å². The Kier molecular flexibility index (Phi) is 3.95. The van der Waals surface area contributed by atoms with Gasteiger partial charge >= 0.3 is 0 Å². The lowest BCUT2D eigenvalue weighted by Gasteiger charge is -2.06. The molecular formula is C14H14N8OS. The molecule has 0 aliphatic heterocycles. The van der Waals surface area contributed by atoms with E-state index in [2.05, 4.69) is 30.9 Å². The maximum atomic E-state index is 12.1. The topological polar surface area (TPSA) is 103 Å². The number of aromatic nitrogens is 7. The molecule has 0 bridgehead atoms. The van der Waals surface area contributed by atoms with Gasteiger partial charge in [0.2, 0.25) is 11.1 Å². The van der Waals surface area contributed by atoms with E-state index in [1.54, 1.807) is 40.1 Å². The van der Waals surface area contributed by atoms with Gasteiger partial charge in [-0.15, -0.1) is 5.10 Å². The van der Waals surface area contributed by atoms with Crippen LogP contribution in [0, 0.1) is 0 Å². The first-order chi connectivity index (χ1) is 11.8. The van der Waals surface area contributed by atoms with E-state index in [0.717, 1.165) is 12.8 Å². The number of rotatable bonds is 6. The molecule has 1 amide bonds. The van der Waals surface area contributed by atoms with Gasteiger partial charge in [0.05, 0.1) is 23.7 Å². The van der Waals surface area contributed by atoms with Gasteiger partial charge in [-0.25, -0.2) is 14.3 Å². The van der Waals surface area contributed by atoms with Crippen molar-refractivity contribution >= 4 is 23.4 Å². The second-order valence-corrected chi connectivity index (χ2v) is 6.27. The zero-order valence-electron chi connectivity index (χ0n) is 12.6. The molecule has 0 unspecified atom stereocenters. The largest absolute Gasteiger partial charge is 0.324 e. The number of anilines is 1. The zero-order valence-corrected chi connectivity index (χ0v) is 13.4. The van der Waals surface area contributed by atoms with Crippen LogP contribution in [0.3, 0.4) is 0 Å². The third kappa shape index (κ3) is 3.27. The summed E-state index contributed by atoms with van der Waals surface area (Å²) in [6.45, 7) is 0. The minimum Gasteiger partial charge on any atom is -0.324 e. The van der Waals surface area contributed by atoms with Crippen molar-refractivity contribution in [1.82, 2.24) is 35.0 Å². The van der Waals surface area contributed by atoms with Crippen LogP contribution in [-0.2, 0) is 4.79 Å². The minimum atomic E-state index is -0.126. The number of pyridine rings is 1. The Morgan fingerprint density at radius 1 is 1.38 bits per heavy atom. The third-order valence-corrected chi connectivity index (χ3v) is 4.39. The van der Waals surface area contributed by atoms with Gasteiger partial charge in [0.25, 0.3) is 0 Å². The molecule has 0 radical (unpaired) electrons. The number of amides is 1. The predicted molar refractivity (Wildman–Crippen MR) is 86.8 cm³/mol. The van der Waals surface area contributed by atoms with Crippen LogP contribution in [0.2, 0.25) is 0 Å². The SMILES string of the molecule is O=C(CSc1nnnn1C1CC1)Nc1ccc(-n2cccn2)nc1. The summed E-state index contributed by atoms with van der Waals surface area (Å²) in [5.74, 6) is 0.809. The standard InChI is InChI=1S/C14H14N8OS/c23-13(9-24-14-18-19-20-22(14)11-3-4-11)17-10-2-5-12(15-8-10)21-7-1-6-16-21/h1-2,5-8,11H,3-4,9H2,(H,17,23). The third-order valence-electron chi connectivity index (χ3n) is 3.46. The van der Waals surface area contributed by atoms with Crippen LogP contribution in [0.4, 0.5) is 5.69 Å². The van der Waals surface area contributed by atoms with Gasteiger partial charge < -0.3 is 5.32 Å². The molecule has 3 aromatic rings. The summed E-state index contributed by atoms with van der Waals surface area (Å²) in [6, 6.07) is 5.80. The molecule has 0 saturated heterocycles. The van der Waals surface area contributed by atoms with Crippen LogP contribution < -0.4 is 5.32 Å². The molecule has 9 nitrogen and oxygen atoms in total. The predicted octanol–water partition coefficient (Wildman–Crippen LogP) is 1.32. The van der Waals surface area contributed by atoms with Crippen molar-refractivity contribution in [3.05, 3.63) is 36.8 Å². The average Bonchev–Trinajstić information content (AvgIpc) is 3.11. The molecule has 1 N–H and O–H groups in total. The highest BCUT2D eigenvalue weighted by Gasteiger charge is 2.28. The molecule has 0 spiro atoms. The first-order valence-corrected chi connectivity index (χ1v) is 8.45. The molecule has 24 heavy (non-hydrogen) atoms. The van der Waals surface area contributed by atoms with Gasteiger partial charge in [0.15, 0.2) is 5.82 Å². The lowest BCUT2D eigenvalue weighted by molar-refractivity contribution is -0.113. The van der Waals surface area contributed by atoms with Gasteiger partial charge in [-0.1, -0.05) is 11.8 Å². The molecule has 0 atom stereocenters. The van der Waals surface area contributed by atoms with Crippen molar-refractivity contribution in [3.63, 3.8) is 0 Å². The highest BCUT2D eigenvalue weighted by Crippen LogP contribution is 2.36. The summed E-state index contributed by atoms with van der Waals surface area (Å²) in [5, 5.41) is 19.2. The molecule has 1 fully saturated rings. The van der Waals surface area contributed by atoms with Crippen molar-refractivity contribution in [2.24, 2.45) is 0 Å². The fourth-order valence-electron chi connectivity index (χ4n) is 2.16. The Morgan fingerprint density at radius 2 is 2.29 bits per heavy atom. The molecule has 1 saturated carbocycles. The number of hydrogen-bond acceptors (Lipinski definition) is 7. The molecule has 0 aromatic carbocycles. The Morgan fingerprint density at radius 3 is 3.00 bits per heavy atom. The van der Waals surface area contributed by atoms with Crippen molar-refractivity contribution in [2.45, 2.75) is 24.0 Å². The maximum absolute atomic E-state index is 12.1. The first-order valence-electron chi connectivity index (χ1n) is 7.46. The van der Waals surface area contributed by atoms with Crippen molar-refractivity contribution in [2.75, 3.05) is 11.1 Å². The molecular weight excluding hydrogens is 328 g/mol. The highest BCUT2D eigenvalue weighted by atomic mass is 32.2. The number of hydrogen-bond donors (Lipinski definition) is 1. The van der Waals surface area contributed by atoms with E-state index in [4.69, 9.17) is 0 Å². The van der Waals surface area contributed by atoms with E-state index < -0.39 is 0 Å². The normalized spacial score (nSPS) is 13.8. The van der Waals surface area contributed by atoms with Gasteiger partial charge in [-0.2, -0.15) is 5.10 Å². The van der Waals surface area contributed by atoms with E-state index in [0.29, 0.717) is 22.7 Å². The van der Waals surface area contributed by atoms with Gasteiger partial charge in [-0.05, 0) is 41.5 Å². The molecule has 3 heterocycles. The van der Waals surface area contributed by atoms with E-state index in [1.165, 1.54) is 11.8 Å². The average molecular weight is 342 g/mol. The quantitative estimate of drug-likeness (QED) is 0.674. The molecule has 122 valence electrons. The fourth-order valence-corrected chi connectivity index (χ4v) is 2.90. The lowest BCUT2D eigenvalue weighted by Crippen LogP contribution is -2.15. The Labute approximate surface area is 141 Å². The molecule has 1 aliphatic rings. The minimum absolute atomic E-state index is 0.126. The number of nitrogens with zero attached hydrogens (tertiary/aromatic N) is 7. The van der Waals surface area contributed by atoms with E-state index in [1.807, 2.05) is 6.07 Å². The summed E-state index contributed by atoms with van der Waals surface area (Å²) >= 11 is 1.33. The second-order valence-electron chi connectivity index (χ2n) is 5.33. The van der Waals surface area contributed by atoms with Crippen molar-refractivity contribution in [3.8, 4) is 5.82 Å². The van der Waals surface area contributed by atoms with Crippen LogP contribution in [-0.4, -0.2) is 46.6 Å². The van der Waals surface area contributed by atoms with Gasteiger partial charge in [-0.3, -0.25) is 4.79 Å². The van der Waals surface area contributed by atoms with E-state index >= 15 is 0 Å². The van der Waals surface area contributed by atoms with Gasteiger partial charge in [0.1, 0.15) is 0 Å². The smallest absolute Gasteiger partial charge is 0.234 e. The zero-order chi connectivity index (χ0) is 16.4. The van der Waals surface area contributed by atoms with Gasteiger partial charge in [0, 0.05) is 12.4 Å². The highest BCUT2D eigenvalue weighted by molar-refractivity contribution is 7.99. The molecule has 3 aromatic heterocycles. The number of carbonyl (C=O) groups is 1. The van der Waals surface area contributed by atoms with Crippen molar-refractivity contribution < 1.29 is 4.79 Å². The van der Waals surface area contributed by atoms with Crippen LogP contribution >= 0.6 is 11.8 Å². The number of thioether (sulfide) groups is 1. The van der Waals surface area contributed by atoms with Crippen LogP contribution in [0.5, 0.6) is 0 Å². The number of tetrazole rings is 1. The second kappa shape index (κ2) is 6.40. The van der Waals surface area contributed by atoms with Crippen LogP contribution in [0.25, 0.3) is 5.82 Å². The summed E-state index contributed by atoms with van der Waals surface area (Å²) in [7, 11) is 0. The molecule has 1 aliphatic carbocycles. The summed E-state index contributed by atoms with van der Waals surface area (Å²) in [4.78, 5) is 16.3. The molecule has 10 heteroatoms. The van der Waals surface area contributed by atoms with Crippen molar-refractivity contribution in [1.29, 1.82) is 0 Å². The molecule has 4 rings (SSSR count). The Bertz CT molecular complexity index is 825. The number of carbonyl (C=O) groups excluding carboxylic acids is 1. The van der Waals surface area contributed by atoms with Crippen LogP contribution in [0.15, 0.2) is 41.9 Å². The fraction of sp³-hybridized carbons (Fsp3) is 0.286.